The third-order valence-corrected chi connectivity index (χ3v) is 2.95. The highest BCUT2D eigenvalue weighted by Gasteiger charge is 2.19. The van der Waals surface area contributed by atoms with Crippen LogP contribution in [0.2, 0.25) is 0 Å². The molecule has 1 aliphatic rings. The summed E-state index contributed by atoms with van der Waals surface area (Å²) < 4.78 is 0. The fraction of sp³-hybridized carbons (Fsp3) is 0.900. The summed E-state index contributed by atoms with van der Waals surface area (Å²) in [5, 5.41) is 8.66. The molecule has 1 saturated carbocycles. The van der Waals surface area contributed by atoms with E-state index in [1.54, 1.807) is 7.05 Å². The first-order valence-electron chi connectivity index (χ1n) is 5.29. The molecule has 0 spiro atoms. The predicted octanol–water partition coefficient (Wildman–Crippen LogP) is 1.50. The molecule has 1 fully saturated rings. The summed E-state index contributed by atoms with van der Waals surface area (Å²) in [6, 6.07) is -0.000741. The molecule has 1 rings (SSSR count). The van der Waals surface area contributed by atoms with Gasteiger partial charge in [-0.3, -0.25) is 0 Å². The Morgan fingerprint density at radius 3 is 2.64 bits per heavy atom. The predicted molar refractivity (Wildman–Crippen MR) is 55.2 cm³/mol. The van der Waals surface area contributed by atoms with Crippen molar-refractivity contribution in [2.24, 2.45) is 11.7 Å². The molecule has 0 radical (unpaired) electrons. The van der Waals surface area contributed by atoms with Crippen LogP contribution in [0.3, 0.4) is 0 Å². The monoisotopic (exact) mass is 200 g/mol. The third-order valence-electron chi connectivity index (χ3n) is 2.95. The van der Waals surface area contributed by atoms with Crippen LogP contribution >= 0.6 is 0 Å². The summed E-state index contributed by atoms with van der Waals surface area (Å²) in [7, 11) is 1.57. The molecule has 0 unspecified atom stereocenters. The maximum Gasteiger partial charge on any atom is 0.407 e. The van der Waals surface area contributed by atoms with E-state index in [-0.39, 0.29) is 6.04 Å². The van der Waals surface area contributed by atoms with Crippen LogP contribution in [-0.4, -0.2) is 35.7 Å². The molecule has 0 heterocycles. The number of carboxylic acid groups (broad SMARTS) is 1. The van der Waals surface area contributed by atoms with Gasteiger partial charge in [0.1, 0.15) is 0 Å². The molecule has 1 atom stereocenters. The standard InChI is InChI=1S/C10H20N2O2/c1-12(10(13)14)7-9(11)6-8-4-2-3-5-8/h8-9H,2-7,11H2,1H3,(H,13,14)/t9-/m0/s1. The SMILES string of the molecule is CN(C[C@@H](N)CC1CCCC1)C(=O)O. The number of likely N-dealkylation sites (N-methyl/N-ethyl adjacent to an activating group) is 1. The minimum absolute atomic E-state index is 0.000741. The van der Waals surface area contributed by atoms with Crippen LogP contribution in [-0.2, 0) is 0 Å². The topological polar surface area (TPSA) is 66.6 Å². The lowest BCUT2D eigenvalue weighted by Crippen LogP contribution is -2.38. The van der Waals surface area contributed by atoms with Crippen LogP contribution < -0.4 is 5.73 Å². The second kappa shape index (κ2) is 5.20. The first-order valence-corrected chi connectivity index (χ1v) is 5.29. The Kier molecular flexibility index (Phi) is 4.20. The highest BCUT2D eigenvalue weighted by Crippen LogP contribution is 2.28. The average Bonchev–Trinajstić information content (AvgIpc) is 2.56. The van der Waals surface area contributed by atoms with E-state index in [4.69, 9.17) is 10.8 Å². The maximum absolute atomic E-state index is 10.5. The Morgan fingerprint density at radius 2 is 2.14 bits per heavy atom. The number of nitrogens with two attached hydrogens (primary N) is 1. The number of nitrogens with zero attached hydrogens (tertiary/aromatic N) is 1. The van der Waals surface area contributed by atoms with E-state index in [1.165, 1.54) is 30.6 Å². The second-order valence-electron chi connectivity index (χ2n) is 4.31. The first-order chi connectivity index (χ1) is 6.59. The zero-order chi connectivity index (χ0) is 10.6. The highest BCUT2D eigenvalue weighted by molar-refractivity contribution is 5.64. The number of hydrogen-bond donors (Lipinski definition) is 2. The van der Waals surface area contributed by atoms with E-state index in [1.807, 2.05) is 0 Å². The van der Waals surface area contributed by atoms with E-state index in [2.05, 4.69) is 0 Å². The van der Waals surface area contributed by atoms with Gasteiger partial charge in [0.15, 0.2) is 0 Å². The van der Waals surface area contributed by atoms with Gasteiger partial charge in [-0.1, -0.05) is 25.7 Å². The lowest BCUT2D eigenvalue weighted by atomic mass is 9.99. The van der Waals surface area contributed by atoms with Crippen LogP contribution in [0.15, 0.2) is 0 Å². The van der Waals surface area contributed by atoms with Crippen molar-refractivity contribution in [2.45, 2.75) is 38.1 Å². The van der Waals surface area contributed by atoms with Crippen molar-refractivity contribution in [3.63, 3.8) is 0 Å². The smallest absolute Gasteiger partial charge is 0.407 e. The van der Waals surface area contributed by atoms with E-state index < -0.39 is 6.09 Å². The lowest BCUT2D eigenvalue weighted by molar-refractivity contribution is 0.151. The molecule has 4 nitrogen and oxygen atoms in total. The molecular weight excluding hydrogens is 180 g/mol. The van der Waals surface area contributed by atoms with Crippen molar-refractivity contribution < 1.29 is 9.90 Å². The zero-order valence-electron chi connectivity index (χ0n) is 8.78. The molecule has 0 aromatic rings. The highest BCUT2D eigenvalue weighted by atomic mass is 16.4. The average molecular weight is 200 g/mol. The van der Waals surface area contributed by atoms with Crippen molar-refractivity contribution in [3.8, 4) is 0 Å². The van der Waals surface area contributed by atoms with E-state index in [9.17, 15) is 4.79 Å². The van der Waals surface area contributed by atoms with Crippen molar-refractivity contribution in [3.05, 3.63) is 0 Å². The van der Waals surface area contributed by atoms with Gasteiger partial charge in [-0.2, -0.15) is 0 Å². The summed E-state index contributed by atoms with van der Waals surface area (Å²) in [5.41, 5.74) is 5.89. The van der Waals surface area contributed by atoms with Gasteiger partial charge in [-0.05, 0) is 12.3 Å². The van der Waals surface area contributed by atoms with Crippen molar-refractivity contribution >= 4 is 6.09 Å². The van der Waals surface area contributed by atoms with Crippen LogP contribution in [0.4, 0.5) is 4.79 Å². The van der Waals surface area contributed by atoms with Gasteiger partial charge in [-0.25, -0.2) is 4.79 Å². The van der Waals surface area contributed by atoms with E-state index in [0.29, 0.717) is 6.54 Å². The van der Waals surface area contributed by atoms with Crippen molar-refractivity contribution in [1.29, 1.82) is 0 Å². The molecule has 0 aromatic carbocycles. The fourth-order valence-corrected chi connectivity index (χ4v) is 2.18. The molecule has 4 heteroatoms. The number of rotatable bonds is 4. The summed E-state index contributed by atoms with van der Waals surface area (Å²) in [6.45, 7) is 0.450. The molecule has 0 saturated heterocycles. The van der Waals surface area contributed by atoms with E-state index in [0.717, 1.165) is 12.3 Å². The van der Waals surface area contributed by atoms with Crippen molar-refractivity contribution in [2.75, 3.05) is 13.6 Å². The Labute approximate surface area is 85.1 Å². The van der Waals surface area contributed by atoms with Crippen molar-refractivity contribution in [1.82, 2.24) is 4.90 Å². The summed E-state index contributed by atoms with van der Waals surface area (Å²) in [6.07, 6.45) is 5.23. The van der Waals surface area contributed by atoms with E-state index >= 15 is 0 Å². The van der Waals surface area contributed by atoms with Crippen LogP contribution in [0.5, 0.6) is 0 Å². The normalized spacial score (nSPS) is 19.6. The zero-order valence-corrected chi connectivity index (χ0v) is 8.78. The molecule has 0 bridgehead atoms. The largest absolute Gasteiger partial charge is 0.465 e. The van der Waals surface area contributed by atoms with Crippen LogP contribution in [0.1, 0.15) is 32.1 Å². The molecule has 14 heavy (non-hydrogen) atoms. The van der Waals surface area contributed by atoms with Gasteiger partial charge in [0, 0.05) is 19.6 Å². The third kappa shape index (κ3) is 3.54. The Morgan fingerprint density at radius 1 is 1.57 bits per heavy atom. The molecule has 82 valence electrons. The molecule has 0 aliphatic heterocycles. The number of hydrogen-bond acceptors (Lipinski definition) is 2. The van der Waals surface area contributed by atoms with Gasteiger partial charge >= 0.3 is 6.09 Å². The maximum atomic E-state index is 10.5. The summed E-state index contributed by atoms with van der Waals surface area (Å²) in [5.74, 6) is 0.729. The molecule has 1 amide bonds. The number of carbonyl (C=O) groups is 1. The summed E-state index contributed by atoms with van der Waals surface area (Å²) in [4.78, 5) is 11.8. The minimum atomic E-state index is -0.896. The molecule has 1 aliphatic carbocycles. The lowest BCUT2D eigenvalue weighted by Gasteiger charge is -2.21. The van der Waals surface area contributed by atoms with Crippen LogP contribution in [0.25, 0.3) is 0 Å². The molecular formula is C10H20N2O2. The molecule has 3 N–H and O–H groups in total. The Hall–Kier alpha value is -0.770. The van der Waals surface area contributed by atoms with Crippen LogP contribution in [0, 0.1) is 5.92 Å². The second-order valence-corrected chi connectivity index (χ2v) is 4.31. The summed E-state index contributed by atoms with van der Waals surface area (Å²) >= 11 is 0. The van der Waals surface area contributed by atoms with Gasteiger partial charge in [0.25, 0.3) is 0 Å². The minimum Gasteiger partial charge on any atom is -0.465 e. The molecule has 0 aromatic heterocycles. The number of amides is 1. The van der Waals surface area contributed by atoms with Gasteiger partial charge in [-0.15, -0.1) is 0 Å². The van der Waals surface area contributed by atoms with Gasteiger partial charge in [0.05, 0.1) is 0 Å². The first kappa shape index (κ1) is 11.3. The quantitative estimate of drug-likeness (QED) is 0.722. The van der Waals surface area contributed by atoms with Gasteiger partial charge < -0.3 is 15.7 Å². The van der Waals surface area contributed by atoms with Gasteiger partial charge in [0.2, 0.25) is 0 Å². The Balaban J connectivity index is 2.20. The fourth-order valence-electron chi connectivity index (χ4n) is 2.18. The Bertz CT molecular complexity index is 191.